The lowest BCUT2D eigenvalue weighted by Crippen LogP contribution is -2.46. The fourth-order valence-corrected chi connectivity index (χ4v) is 2.67. The van der Waals surface area contributed by atoms with Crippen LogP contribution in [0.15, 0.2) is 0 Å². The van der Waals surface area contributed by atoms with Gasteiger partial charge in [0.15, 0.2) is 0 Å². The lowest BCUT2D eigenvalue weighted by atomic mass is 9.94. The zero-order valence-corrected chi connectivity index (χ0v) is 10.4. The van der Waals surface area contributed by atoms with Crippen molar-refractivity contribution < 1.29 is 0 Å². The summed E-state index contributed by atoms with van der Waals surface area (Å²) in [6, 6.07) is 0.663. The van der Waals surface area contributed by atoms with Crippen molar-refractivity contribution in [3.05, 3.63) is 0 Å². The number of piperidine rings is 1. The van der Waals surface area contributed by atoms with Crippen LogP contribution in [-0.4, -0.2) is 37.1 Å². The Kier molecular flexibility index (Phi) is 4.26. The highest BCUT2D eigenvalue weighted by molar-refractivity contribution is 4.92. The summed E-state index contributed by atoms with van der Waals surface area (Å²) in [4.78, 5) is 2.47. The van der Waals surface area contributed by atoms with Gasteiger partial charge in [0.05, 0.1) is 6.54 Å². The average Bonchev–Trinajstić information content (AvgIpc) is 3.02. The van der Waals surface area contributed by atoms with Gasteiger partial charge in [0, 0.05) is 19.1 Å². The number of rotatable bonds is 5. The van der Waals surface area contributed by atoms with Gasteiger partial charge in [-0.15, -0.1) is 6.42 Å². The first kappa shape index (κ1) is 12.0. The van der Waals surface area contributed by atoms with Crippen molar-refractivity contribution in [3.8, 4) is 12.3 Å². The highest BCUT2D eigenvalue weighted by atomic mass is 15.2. The average molecular weight is 220 g/mol. The molecule has 1 saturated heterocycles. The predicted octanol–water partition coefficient (Wildman–Crippen LogP) is 1.72. The molecule has 90 valence electrons. The van der Waals surface area contributed by atoms with Crippen LogP contribution in [0.2, 0.25) is 0 Å². The molecule has 2 fully saturated rings. The molecule has 2 rings (SSSR count). The van der Waals surface area contributed by atoms with E-state index in [0.29, 0.717) is 6.04 Å². The van der Waals surface area contributed by atoms with Gasteiger partial charge in [-0.25, -0.2) is 0 Å². The molecule has 1 aliphatic heterocycles. The van der Waals surface area contributed by atoms with Gasteiger partial charge in [0.1, 0.15) is 0 Å². The molecule has 1 heterocycles. The zero-order valence-electron chi connectivity index (χ0n) is 10.4. The normalized spacial score (nSPS) is 30.3. The van der Waals surface area contributed by atoms with Crippen molar-refractivity contribution in [3.63, 3.8) is 0 Å². The van der Waals surface area contributed by atoms with Gasteiger partial charge in [0.25, 0.3) is 0 Å². The third kappa shape index (κ3) is 3.81. The molecule has 0 amide bonds. The number of nitrogens with zero attached hydrogens (tertiary/aromatic N) is 1. The fourth-order valence-electron chi connectivity index (χ4n) is 2.67. The zero-order chi connectivity index (χ0) is 11.4. The maximum Gasteiger partial charge on any atom is 0.0599 e. The molecule has 1 aliphatic carbocycles. The van der Waals surface area contributed by atoms with Gasteiger partial charge >= 0.3 is 0 Å². The fraction of sp³-hybridized carbons (Fsp3) is 0.857. The van der Waals surface area contributed by atoms with Gasteiger partial charge in [0.2, 0.25) is 0 Å². The molecule has 1 N–H and O–H groups in total. The summed E-state index contributed by atoms with van der Waals surface area (Å²) in [7, 11) is 0. The third-order valence-electron chi connectivity index (χ3n) is 3.76. The van der Waals surface area contributed by atoms with Crippen LogP contribution in [-0.2, 0) is 0 Å². The van der Waals surface area contributed by atoms with Crippen LogP contribution in [0, 0.1) is 24.2 Å². The number of hydrogen-bond donors (Lipinski definition) is 1. The summed E-state index contributed by atoms with van der Waals surface area (Å²) in [6.45, 7) is 6.73. The summed E-state index contributed by atoms with van der Waals surface area (Å²) in [5, 5.41) is 3.62. The Morgan fingerprint density at radius 1 is 1.31 bits per heavy atom. The molecule has 0 bridgehead atoms. The van der Waals surface area contributed by atoms with E-state index in [4.69, 9.17) is 6.42 Å². The van der Waals surface area contributed by atoms with Crippen molar-refractivity contribution in [1.29, 1.82) is 0 Å². The quantitative estimate of drug-likeness (QED) is 0.710. The van der Waals surface area contributed by atoms with Crippen molar-refractivity contribution in [2.24, 2.45) is 11.8 Å². The van der Waals surface area contributed by atoms with E-state index in [9.17, 15) is 0 Å². The molecular formula is C14H24N2. The van der Waals surface area contributed by atoms with E-state index in [1.54, 1.807) is 0 Å². The molecule has 2 nitrogen and oxygen atoms in total. The Hall–Kier alpha value is -0.520. The van der Waals surface area contributed by atoms with E-state index < -0.39 is 0 Å². The molecule has 2 aliphatic rings. The molecule has 0 spiro atoms. The second kappa shape index (κ2) is 5.70. The third-order valence-corrected chi connectivity index (χ3v) is 3.76. The molecule has 0 aromatic rings. The topological polar surface area (TPSA) is 15.3 Å². The maximum atomic E-state index is 5.45. The minimum Gasteiger partial charge on any atom is -0.313 e. The maximum absolute atomic E-state index is 5.45. The van der Waals surface area contributed by atoms with Crippen LogP contribution in [0.4, 0.5) is 0 Å². The van der Waals surface area contributed by atoms with Crippen LogP contribution in [0.25, 0.3) is 0 Å². The molecule has 2 atom stereocenters. The van der Waals surface area contributed by atoms with Crippen LogP contribution in [0.5, 0.6) is 0 Å². The van der Waals surface area contributed by atoms with Gasteiger partial charge < -0.3 is 5.32 Å². The van der Waals surface area contributed by atoms with Gasteiger partial charge in [-0.3, -0.25) is 4.90 Å². The van der Waals surface area contributed by atoms with Gasteiger partial charge in [-0.05, 0) is 44.1 Å². The lowest BCUT2D eigenvalue weighted by molar-refractivity contribution is 0.216. The van der Waals surface area contributed by atoms with E-state index >= 15 is 0 Å². The number of terminal acetylenes is 1. The molecule has 0 aromatic heterocycles. The molecule has 2 unspecified atom stereocenters. The van der Waals surface area contributed by atoms with Crippen LogP contribution in [0.3, 0.4) is 0 Å². The summed E-state index contributed by atoms with van der Waals surface area (Å²) in [6.07, 6.45) is 10.9. The van der Waals surface area contributed by atoms with Gasteiger partial charge in [-0.2, -0.15) is 0 Å². The highest BCUT2D eigenvalue weighted by Crippen LogP contribution is 2.29. The van der Waals surface area contributed by atoms with E-state index in [1.165, 1.54) is 38.8 Å². The van der Waals surface area contributed by atoms with E-state index in [-0.39, 0.29) is 0 Å². The monoisotopic (exact) mass is 220 g/mol. The SMILES string of the molecule is C#CCN(CC1CC1)CC1CC(C)CCN1. The predicted molar refractivity (Wildman–Crippen MR) is 68.2 cm³/mol. The minimum absolute atomic E-state index is 0.663. The summed E-state index contributed by atoms with van der Waals surface area (Å²) >= 11 is 0. The molecule has 1 saturated carbocycles. The van der Waals surface area contributed by atoms with Crippen LogP contribution in [0.1, 0.15) is 32.6 Å². The Balaban J connectivity index is 1.76. The molecular weight excluding hydrogens is 196 g/mol. The summed E-state index contributed by atoms with van der Waals surface area (Å²) in [5.74, 6) is 4.61. The Morgan fingerprint density at radius 3 is 2.75 bits per heavy atom. The van der Waals surface area contributed by atoms with E-state index in [2.05, 4.69) is 23.1 Å². The lowest BCUT2D eigenvalue weighted by Gasteiger charge is -2.32. The Morgan fingerprint density at radius 2 is 2.12 bits per heavy atom. The molecule has 0 aromatic carbocycles. The summed E-state index contributed by atoms with van der Waals surface area (Å²) < 4.78 is 0. The first-order chi connectivity index (χ1) is 7.78. The second-order valence-electron chi connectivity index (χ2n) is 5.62. The molecule has 16 heavy (non-hydrogen) atoms. The van der Waals surface area contributed by atoms with E-state index in [1.807, 2.05) is 0 Å². The van der Waals surface area contributed by atoms with Crippen LogP contribution < -0.4 is 5.32 Å². The number of hydrogen-bond acceptors (Lipinski definition) is 2. The van der Waals surface area contributed by atoms with E-state index in [0.717, 1.165) is 24.9 Å². The van der Waals surface area contributed by atoms with Crippen LogP contribution >= 0.6 is 0 Å². The van der Waals surface area contributed by atoms with Crippen molar-refractivity contribution in [2.75, 3.05) is 26.2 Å². The molecule has 0 radical (unpaired) electrons. The number of nitrogens with one attached hydrogen (secondary N) is 1. The standard InChI is InChI=1S/C14H24N2/c1-3-8-16(10-13-4-5-13)11-14-9-12(2)6-7-15-14/h1,12-15H,4-11H2,2H3. The first-order valence-electron chi connectivity index (χ1n) is 6.67. The van der Waals surface area contributed by atoms with Crippen molar-refractivity contribution >= 4 is 0 Å². The van der Waals surface area contributed by atoms with Crippen molar-refractivity contribution in [1.82, 2.24) is 10.2 Å². The Bertz CT molecular complexity index is 252. The smallest absolute Gasteiger partial charge is 0.0599 e. The highest BCUT2D eigenvalue weighted by Gasteiger charge is 2.26. The van der Waals surface area contributed by atoms with Crippen molar-refractivity contribution in [2.45, 2.75) is 38.6 Å². The Labute approximate surface area is 99.8 Å². The van der Waals surface area contributed by atoms with Gasteiger partial charge in [-0.1, -0.05) is 12.8 Å². The largest absolute Gasteiger partial charge is 0.313 e. The first-order valence-corrected chi connectivity index (χ1v) is 6.67. The molecule has 2 heteroatoms. The second-order valence-corrected chi connectivity index (χ2v) is 5.62. The summed E-state index contributed by atoms with van der Waals surface area (Å²) in [5.41, 5.74) is 0. The minimum atomic E-state index is 0.663.